The summed E-state index contributed by atoms with van der Waals surface area (Å²) in [6, 6.07) is 4.97. The molecule has 2 amide bonds. The minimum absolute atomic E-state index is 0.325. The fraction of sp³-hybridized carbons (Fsp3) is 0.222. The van der Waals surface area contributed by atoms with Crippen LogP contribution in [-0.2, 0) is 4.79 Å². The largest absolute Gasteiger partial charge is 0.339 e. The van der Waals surface area contributed by atoms with Crippen LogP contribution in [0.4, 0.5) is 10.1 Å². The molecule has 0 radical (unpaired) electrons. The third kappa shape index (κ3) is 3.39. The van der Waals surface area contributed by atoms with Gasteiger partial charge < -0.3 is 10.6 Å². The Hall–Kier alpha value is -3.29. The van der Waals surface area contributed by atoms with Crippen LogP contribution in [-0.4, -0.2) is 32.2 Å². The van der Waals surface area contributed by atoms with Crippen molar-refractivity contribution in [3.63, 3.8) is 0 Å². The number of anilines is 1. The Kier molecular flexibility index (Phi) is 4.66. The molecule has 2 N–H and O–H groups in total. The van der Waals surface area contributed by atoms with Gasteiger partial charge >= 0.3 is 0 Å². The normalized spacial score (nSPS) is 12.0. The van der Waals surface area contributed by atoms with Gasteiger partial charge in [-0.05, 0) is 50.6 Å². The van der Waals surface area contributed by atoms with E-state index in [1.165, 1.54) is 18.2 Å². The molecule has 0 aliphatic rings. The van der Waals surface area contributed by atoms with E-state index >= 15 is 0 Å². The zero-order chi connectivity index (χ0) is 18.8. The van der Waals surface area contributed by atoms with Crippen LogP contribution in [0.1, 0.15) is 28.7 Å². The Morgan fingerprint density at radius 2 is 2.04 bits per heavy atom. The summed E-state index contributed by atoms with van der Waals surface area (Å²) in [6.45, 7) is 4.97. The fourth-order valence-electron chi connectivity index (χ4n) is 2.61. The average molecular weight is 355 g/mol. The smallest absolute Gasteiger partial charge is 0.270 e. The van der Waals surface area contributed by atoms with E-state index < -0.39 is 17.9 Å². The third-order valence-electron chi connectivity index (χ3n) is 3.98. The molecule has 0 bridgehead atoms. The summed E-state index contributed by atoms with van der Waals surface area (Å²) in [6.07, 6.45) is 3.27. The Labute approximate surface area is 149 Å². The average Bonchev–Trinajstić information content (AvgIpc) is 2.92. The minimum Gasteiger partial charge on any atom is -0.339 e. The van der Waals surface area contributed by atoms with Gasteiger partial charge in [0.25, 0.3) is 5.91 Å². The van der Waals surface area contributed by atoms with Crippen LogP contribution < -0.4 is 10.6 Å². The molecular weight excluding hydrogens is 337 g/mol. The number of imidazole rings is 1. The van der Waals surface area contributed by atoms with Gasteiger partial charge in [0.15, 0.2) is 0 Å². The number of carbonyl (C=O) groups excluding carboxylic acids is 2. The van der Waals surface area contributed by atoms with E-state index in [4.69, 9.17) is 0 Å². The monoisotopic (exact) mass is 355 g/mol. The fourth-order valence-corrected chi connectivity index (χ4v) is 2.61. The summed E-state index contributed by atoms with van der Waals surface area (Å²) in [5, 5.41) is 5.34. The zero-order valence-electron chi connectivity index (χ0n) is 14.6. The van der Waals surface area contributed by atoms with Crippen molar-refractivity contribution in [1.82, 2.24) is 19.7 Å². The first-order chi connectivity index (χ1) is 12.4. The summed E-state index contributed by atoms with van der Waals surface area (Å²) in [7, 11) is 0. The Morgan fingerprint density at radius 1 is 1.27 bits per heavy atom. The van der Waals surface area contributed by atoms with Crippen LogP contribution in [0.15, 0.2) is 36.7 Å². The second-order valence-corrected chi connectivity index (χ2v) is 5.98. The molecule has 3 aromatic rings. The molecule has 2 aromatic heterocycles. The molecule has 3 rings (SSSR count). The molecule has 0 saturated heterocycles. The molecule has 7 nitrogen and oxygen atoms in total. The molecule has 2 heterocycles. The molecular formula is C18H18FN5O2. The topological polar surface area (TPSA) is 88.4 Å². The van der Waals surface area contributed by atoms with Gasteiger partial charge in [-0.25, -0.2) is 14.4 Å². The van der Waals surface area contributed by atoms with Crippen molar-refractivity contribution in [3.8, 4) is 0 Å². The lowest BCUT2D eigenvalue weighted by Crippen LogP contribution is -2.42. The van der Waals surface area contributed by atoms with Gasteiger partial charge in [0, 0.05) is 18.1 Å². The van der Waals surface area contributed by atoms with Crippen molar-refractivity contribution >= 4 is 23.3 Å². The van der Waals surface area contributed by atoms with Crippen molar-refractivity contribution in [2.45, 2.75) is 26.8 Å². The van der Waals surface area contributed by atoms with E-state index in [-0.39, 0.29) is 5.82 Å². The summed E-state index contributed by atoms with van der Waals surface area (Å²) in [5.41, 5.74) is 1.93. The molecule has 8 heteroatoms. The summed E-state index contributed by atoms with van der Waals surface area (Å²) in [4.78, 5) is 33.3. The lowest BCUT2D eigenvalue weighted by atomic mass is 10.2. The van der Waals surface area contributed by atoms with Gasteiger partial charge in [-0.2, -0.15) is 0 Å². The van der Waals surface area contributed by atoms with Crippen LogP contribution in [0, 0.1) is 19.7 Å². The van der Waals surface area contributed by atoms with Crippen LogP contribution in [0.25, 0.3) is 5.78 Å². The molecule has 1 unspecified atom stereocenters. The third-order valence-corrected chi connectivity index (χ3v) is 3.98. The lowest BCUT2D eigenvalue weighted by molar-refractivity contribution is -0.117. The van der Waals surface area contributed by atoms with Gasteiger partial charge in [0.2, 0.25) is 11.7 Å². The summed E-state index contributed by atoms with van der Waals surface area (Å²) in [5.74, 6) is -0.799. The number of nitrogens with zero attached hydrogens (tertiary/aromatic N) is 3. The maximum Gasteiger partial charge on any atom is 0.270 e. The SMILES string of the molecule is Cc1cc(F)ccc1NC(=O)C(C)NC(=O)c1c(C)nc2ncccn12. The Balaban J connectivity index is 1.74. The number of aromatic nitrogens is 3. The maximum atomic E-state index is 13.2. The first-order valence-electron chi connectivity index (χ1n) is 8.04. The number of hydrogen-bond acceptors (Lipinski definition) is 4. The first-order valence-corrected chi connectivity index (χ1v) is 8.04. The van der Waals surface area contributed by atoms with Crippen molar-refractivity contribution in [1.29, 1.82) is 0 Å². The highest BCUT2D eigenvalue weighted by Gasteiger charge is 2.22. The highest BCUT2D eigenvalue weighted by Crippen LogP contribution is 2.16. The highest BCUT2D eigenvalue weighted by molar-refractivity contribution is 6.01. The second kappa shape index (κ2) is 6.91. The first kappa shape index (κ1) is 17.5. The number of hydrogen-bond donors (Lipinski definition) is 2. The molecule has 0 fully saturated rings. The standard InChI is InChI=1S/C18H18FN5O2/c1-10-9-13(19)5-6-14(10)23-16(25)12(3)21-17(26)15-11(2)22-18-20-7-4-8-24(15)18/h4-9,12H,1-3H3,(H,21,26)(H,23,25). The minimum atomic E-state index is -0.798. The number of rotatable bonds is 4. The summed E-state index contributed by atoms with van der Waals surface area (Å²) >= 11 is 0. The number of carbonyl (C=O) groups is 2. The van der Waals surface area contributed by atoms with Crippen LogP contribution in [0.5, 0.6) is 0 Å². The number of benzene rings is 1. The van der Waals surface area contributed by atoms with E-state index in [0.717, 1.165) is 0 Å². The molecule has 134 valence electrons. The van der Waals surface area contributed by atoms with E-state index in [1.54, 1.807) is 43.6 Å². The molecule has 0 aliphatic heterocycles. The number of amides is 2. The maximum absolute atomic E-state index is 13.2. The highest BCUT2D eigenvalue weighted by atomic mass is 19.1. The number of aryl methyl sites for hydroxylation is 2. The Morgan fingerprint density at radius 3 is 2.77 bits per heavy atom. The van der Waals surface area contributed by atoms with Gasteiger partial charge in [-0.3, -0.25) is 14.0 Å². The molecule has 0 aliphatic carbocycles. The van der Waals surface area contributed by atoms with E-state index in [0.29, 0.717) is 28.4 Å². The van der Waals surface area contributed by atoms with E-state index in [1.807, 2.05) is 0 Å². The predicted octanol–water partition coefficient (Wildman–Crippen LogP) is 2.24. The van der Waals surface area contributed by atoms with Crippen LogP contribution >= 0.6 is 0 Å². The summed E-state index contributed by atoms with van der Waals surface area (Å²) < 4.78 is 14.7. The molecule has 0 spiro atoms. The van der Waals surface area contributed by atoms with Gasteiger partial charge in [-0.1, -0.05) is 0 Å². The quantitative estimate of drug-likeness (QED) is 0.751. The number of nitrogens with one attached hydrogen (secondary N) is 2. The van der Waals surface area contributed by atoms with Gasteiger partial charge in [-0.15, -0.1) is 0 Å². The second-order valence-electron chi connectivity index (χ2n) is 5.98. The molecule has 1 atom stereocenters. The van der Waals surface area contributed by atoms with Crippen LogP contribution in [0.3, 0.4) is 0 Å². The van der Waals surface area contributed by atoms with Crippen LogP contribution in [0.2, 0.25) is 0 Å². The van der Waals surface area contributed by atoms with Crippen molar-refractivity contribution < 1.29 is 14.0 Å². The molecule has 1 aromatic carbocycles. The van der Waals surface area contributed by atoms with Crippen molar-refractivity contribution in [2.24, 2.45) is 0 Å². The zero-order valence-corrected chi connectivity index (χ0v) is 14.6. The lowest BCUT2D eigenvalue weighted by Gasteiger charge is -2.15. The number of halogens is 1. The van der Waals surface area contributed by atoms with Gasteiger partial charge in [0.05, 0.1) is 5.69 Å². The van der Waals surface area contributed by atoms with E-state index in [9.17, 15) is 14.0 Å². The number of fused-ring (bicyclic) bond motifs is 1. The molecule has 26 heavy (non-hydrogen) atoms. The van der Waals surface area contributed by atoms with Crippen molar-refractivity contribution in [2.75, 3.05) is 5.32 Å². The van der Waals surface area contributed by atoms with Gasteiger partial charge in [0.1, 0.15) is 17.6 Å². The molecule has 0 saturated carbocycles. The van der Waals surface area contributed by atoms with Crippen molar-refractivity contribution in [3.05, 3.63) is 59.4 Å². The predicted molar refractivity (Wildman–Crippen MR) is 94.4 cm³/mol. The Bertz CT molecular complexity index is 998. The van der Waals surface area contributed by atoms with E-state index in [2.05, 4.69) is 20.6 Å².